The Morgan fingerprint density at radius 1 is 1.33 bits per heavy atom. The van der Waals surface area contributed by atoms with Gasteiger partial charge >= 0.3 is 6.03 Å². The van der Waals surface area contributed by atoms with Crippen LogP contribution in [0.4, 0.5) is 9.18 Å². The summed E-state index contributed by atoms with van der Waals surface area (Å²) in [4.78, 5) is 11.4. The molecule has 0 heterocycles. The summed E-state index contributed by atoms with van der Waals surface area (Å²) < 4.78 is 12.8. The average molecular weight is 250 g/mol. The van der Waals surface area contributed by atoms with Crippen LogP contribution in [0.15, 0.2) is 36.9 Å². The van der Waals surface area contributed by atoms with Crippen molar-refractivity contribution in [1.29, 1.82) is 0 Å². The molecule has 0 saturated heterocycles. The first-order valence-corrected chi connectivity index (χ1v) is 5.84. The molecule has 4 heteroatoms. The molecule has 0 unspecified atom stereocenters. The number of urea groups is 1. The largest absolute Gasteiger partial charge is 0.337 e. The van der Waals surface area contributed by atoms with Gasteiger partial charge in [0.15, 0.2) is 0 Å². The normalized spacial score (nSPS) is 10.8. The molecule has 0 bridgehead atoms. The maximum atomic E-state index is 12.8. The van der Waals surface area contributed by atoms with Crippen LogP contribution in [0.1, 0.15) is 19.4 Å². The Morgan fingerprint density at radius 3 is 2.50 bits per heavy atom. The summed E-state index contributed by atoms with van der Waals surface area (Å²) in [5.41, 5.74) is 0.729. The monoisotopic (exact) mass is 250 g/mol. The molecule has 1 aromatic rings. The van der Waals surface area contributed by atoms with Crippen LogP contribution >= 0.6 is 0 Å². The minimum absolute atomic E-state index is 0.231. The first kappa shape index (κ1) is 14.2. The van der Waals surface area contributed by atoms with Crippen LogP contribution in [0.3, 0.4) is 0 Å². The van der Waals surface area contributed by atoms with Crippen molar-refractivity contribution < 1.29 is 9.18 Å². The lowest BCUT2D eigenvalue weighted by atomic mass is 9.84. The molecule has 98 valence electrons. The van der Waals surface area contributed by atoms with E-state index in [4.69, 9.17) is 0 Å². The van der Waals surface area contributed by atoms with Gasteiger partial charge in [-0.3, -0.25) is 0 Å². The van der Waals surface area contributed by atoms with Crippen molar-refractivity contribution in [2.45, 2.75) is 19.3 Å². The van der Waals surface area contributed by atoms with Crippen molar-refractivity contribution in [3.63, 3.8) is 0 Å². The van der Waals surface area contributed by atoms with E-state index in [2.05, 4.69) is 17.2 Å². The Balaban J connectivity index is 2.56. The quantitative estimate of drug-likeness (QED) is 0.775. The minimum Gasteiger partial charge on any atom is -0.337 e. The van der Waals surface area contributed by atoms with Crippen LogP contribution in [0.5, 0.6) is 0 Å². The highest BCUT2D eigenvalue weighted by atomic mass is 19.1. The molecule has 2 N–H and O–H groups in total. The standard InChI is InChI=1S/C14H19FN2O/c1-4-9-16-13(18)17-10-14(2,3)11-5-7-12(15)8-6-11/h4-8H,1,9-10H2,2-3H3,(H2,16,17,18). The molecule has 1 aromatic carbocycles. The summed E-state index contributed by atoms with van der Waals surface area (Å²) in [5, 5.41) is 5.42. The summed E-state index contributed by atoms with van der Waals surface area (Å²) in [6, 6.07) is 6.09. The van der Waals surface area contributed by atoms with Crippen molar-refractivity contribution in [3.8, 4) is 0 Å². The second kappa shape index (κ2) is 6.19. The van der Waals surface area contributed by atoms with Gasteiger partial charge in [-0.2, -0.15) is 0 Å². The lowest BCUT2D eigenvalue weighted by Gasteiger charge is -2.25. The topological polar surface area (TPSA) is 41.1 Å². The average Bonchev–Trinajstić information content (AvgIpc) is 2.34. The molecule has 0 fully saturated rings. The fourth-order valence-corrected chi connectivity index (χ4v) is 1.53. The fourth-order valence-electron chi connectivity index (χ4n) is 1.53. The van der Waals surface area contributed by atoms with Crippen molar-refractivity contribution in [3.05, 3.63) is 48.3 Å². The molecule has 0 saturated carbocycles. The SMILES string of the molecule is C=CCNC(=O)NCC(C)(C)c1ccc(F)cc1. The van der Waals surface area contributed by atoms with Gasteiger partial charge in [-0.25, -0.2) is 9.18 Å². The van der Waals surface area contributed by atoms with Gasteiger partial charge in [-0.15, -0.1) is 6.58 Å². The molecule has 0 aliphatic carbocycles. The van der Waals surface area contributed by atoms with Crippen LogP contribution in [0, 0.1) is 5.82 Å². The number of benzene rings is 1. The number of nitrogens with one attached hydrogen (secondary N) is 2. The van der Waals surface area contributed by atoms with E-state index in [1.54, 1.807) is 18.2 Å². The van der Waals surface area contributed by atoms with Crippen molar-refractivity contribution in [2.75, 3.05) is 13.1 Å². The molecule has 3 nitrogen and oxygen atoms in total. The molecule has 0 atom stereocenters. The highest BCUT2D eigenvalue weighted by Crippen LogP contribution is 2.22. The Bertz CT molecular complexity index is 412. The minimum atomic E-state index is -0.258. The van der Waals surface area contributed by atoms with Gasteiger partial charge in [-0.1, -0.05) is 32.1 Å². The zero-order valence-corrected chi connectivity index (χ0v) is 10.8. The zero-order valence-electron chi connectivity index (χ0n) is 10.8. The third-order valence-corrected chi connectivity index (χ3v) is 2.72. The molecule has 1 rings (SSSR count). The van der Waals surface area contributed by atoms with Gasteiger partial charge in [0.1, 0.15) is 5.82 Å². The van der Waals surface area contributed by atoms with Gasteiger partial charge in [-0.05, 0) is 17.7 Å². The van der Waals surface area contributed by atoms with Gasteiger partial charge < -0.3 is 10.6 Å². The second-order valence-corrected chi connectivity index (χ2v) is 4.74. The van der Waals surface area contributed by atoms with E-state index < -0.39 is 0 Å². The maximum absolute atomic E-state index is 12.8. The zero-order chi connectivity index (χ0) is 13.6. The lowest BCUT2D eigenvalue weighted by Crippen LogP contribution is -2.42. The first-order valence-electron chi connectivity index (χ1n) is 5.84. The van der Waals surface area contributed by atoms with E-state index >= 15 is 0 Å². The maximum Gasteiger partial charge on any atom is 0.315 e. The van der Waals surface area contributed by atoms with E-state index in [-0.39, 0.29) is 17.3 Å². The van der Waals surface area contributed by atoms with Crippen molar-refractivity contribution in [1.82, 2.24) is 10.6 Å². The highest BCUT2D eigenvalue weighted by molar-refractivity contribution is 5.74. The molecule has 18 heavy (non-hydrogen) atoms. The number of hydrogen-bond donors (Lipinski definition) is 2. The number of carbonyl (C=O) groups excluding carboxylic acids is 1. The first-order chi connectivity index (χ1) is 8.45. The Kier molecular flexibility index (Phi) is 4.89. The van der Waals surface area contributed by atoms with Gasteiger partial charge in [0.25, 0.3) is 0 Å². The summed E-state index contributed by atoms with van der Waals surface area (Å²) in [6.45, 7) is 8.41. The van der Waals surface area contributed by atoms with Gasteiger partial charge in [0.2, 0.25) is 0 Å². The molecular weight excluding hydrogens is 231 g/mol. The van der Waals surface area contributed by atoms with Crippen LogP contribution in [0.2, 0.25) is 0 Å². The fraction of sp³-hybridized carbons (Fsp3) is 0.357. The van der Waals surface area contributed by atoms with Crippen molar-refractivity contribution >= 4 is 6.03 Å². The van der Waals surface area contributed by atoms with Gasteiger partial charge in [0.05, 0.1) is 0 Å². The summed E-state index contributed by atoms with van der Waals surface area (Å²) in [6.07, 6.45) is 1.62. The second-order valence-electron chi connectivity index (χ2n) is 4.74. The number of rotatable bonds is 5. The van der Waals surface area contributed by atoms with Crippen molar-refractivity contribution in [2.24, 2.45) is 0 Å². The predicted octanol–water partition coefficient (Wildman–Crippen LogP) is 2.59. The third-order valence-electron chi connectivity index (χ3n) is 2.72. The van der Waals surface area contributed by atoms with Crippen LogP contribution in [-0.2, 0) is 5.41 Å². The summed E-state index contributed by atoms with van der Waals surface area (Å²) in [7, 11) is 0. The number of amides is 2. The number of halogens is 1. The van der Waals surface area contributed by atoms with E-state index in [9.17, 15) is 9.18 Å². The number of hydrogen-bond acceptors (Lipinski definition) is 1. The van der Waals surface area contributed by atoms with E-state index in [0.717, 1.165) is 5.56 Å². The van der Waals surface area contributed by atoms with Crippen LogP contribution in [-0.4, -0.2) is 19.1 Å². The molecule has 0 aliphatic heterocycles. The Hall–Kier alpha value is -1.84. The molecule has 0 aromatic heterocycles. The molecule has 0 radical (unpaired) electrons. The molecular formula is C14H19FN2O. The van der Waals surface area contributed by atoms with E-state index in [0.29, 0.717) is 13.1 Å². The lowest BCUT2D eigenvalue weighted by molar-refractivity contribution is 0.239. The van der Waals surface area contributed by atoms with E-state index in [1.165, 1.54) is 12.1 Å². The molecule has 2 amide bonds. The summed E-state index contributed by atoms with van der Waals surface area (Å²) in [5.74, 6) is -0.258. The van der Waals surface area contributed by atoms with Crippen LogP contribution in [0.25, 0.3) is 0 Å². The smallest absolute Gasteiger partial charge is 0.315 e. The Morgan fingerprint density at radius 2 is 1.94 bits per heavy atom. The van der Waals surface area contributed by atoms with Gasteiger partial charge in [0, 0.05) is 18.5 Å². The highest BCUT2D eigenvalue weighted by Gasteiger charge is 2.21. The van der Waals surface area contributed by atoms with E-state index in [1.807, 2.05) is 13.8 Å². The number of carbonyl (C=O) groups is 1. The predicted molar refractivity (Wildman–Crippen MR) is 71.0 cm³/mol. The third kappa shape index (κ3) is 4.20. The van der Waals surface area contributed by atoms with Crippen LogP contribution < -0.4 is 10.6 Å². The summed E-state index contributed by atoms with van der Waals surface area (Å²) >= 11 is 0. The molecule has 0 spiro atoms. The Labute approximate surface area is 107 Å². The molecule has 0 aliphatic rings.